The molecule has 0 atom stereocenters. The van der Waals surface area contributed by atoms with E-state index >= 15 is 0 Å². The van der Waals surface area contributed by atoms with E-state index < -0.39 is 17.4 Å². The van der Waals surface area contributed by atoms with Crippen LogP contribution in [-0.2, 0) is 6.42 Å². The van der Waals surface area contributed by atoms with Gasteiger partial charge in [-0.15, -0.1) is 0 Å². The van der Waals surface area contributed by atoms with Crippen LogP contribution in [0.2, 0.25) is 10.0 Å². The maximum atomic E-state index is 13.5. The van der Waals surface area contributed by atoms with E-state index in [4.69, 9.17) is 23.2 Å². The summed E-state index contributed by atoms with van der Waals surface area (Å²) in [5.74, 6) is -1.60. The van der Waals surface area contributed by atoms with Crippen molar-refractivity contribution in [2.24, 2.45) is 0 Å². The molecule has 0 aliphatic carbocycles. The first kappa shape index (κ1) is 14.0. The van der Waals surface area contributed by atoms with Crippen molar-refractivity contribution in [2.45, 2.75) is 6.42 Å². The highest BCUT2D eigenvalue weighted by Gasteiger charge is 2.14. The van der Waals surface area contributed by atoms with Crippen molar-refractivity contribution in [1.82, 2.24) is 0 Å². The normalized spacial score (nSPS) is 10.5. The molecule has 0 bridgehead atoms. The van der Waals surface area contributed by atoms with Gasteiger partial charge in [-0.3, -0.25) is 4.79 Å². The Hall–Kier alpha value is -1.45. The lowest BCUT2D eigenvalue weighted by molar-refractivity contribution is 0.0989. The highest BCUT2D eigenvalue weighted by Crippen LogP contribution is 2.21. The summed E-state index contributed by atoms with van der Waals surface area (Å²) in [5.41, 5.74) is 0.334. The summed E-state index contributed by atoms with van der Waals surface area (Å²) in [6.45, 7) is 0. The summed E-state index contributed by atoms with van der Waals surface area (Å²) >= 11 is 11.5. The van der Waals surface area contributed by atoms with Crippen LogP contribution in [0.1, 0.15) is 15.9 Å². The van der Waals surface area contributed by atoms with E-state index in [9.17, 15) is 13.6 Å². The molecule has 0 spiro atoms. The molecule has 98 valence electrons. The largest absolute Gasteiger partial charge is 0.294 e. The second kappa shape index (κ2) is 5.68. The van der Waals surface area contributed by atoms with Gasteiger partial charge in [-0.2, -0.15) is 0 Å². The van der Waals surface area contributed by atoms with E-state index in [0.717, 1.165) is 12.1 Å². The van der Waals surface area contributed by atoms with Gasteiger partial charge in [0.25, 0.3) is 0 Å². The minimum atomic E-state index is -0.646. The average molecular weight is 301 g/mol. The SMILES string of the molecule is O=C(Cc1ccc(F)cc1Cl)c1cc(Cl)ccc1F. The molecule has 2 aromatic carbocycles. The minimum Gasteiger partial charge on any atom is -0.294 e. The third kappa shape index (κ3) is 3.31. The molecule has 0 heterocycles. The van der Waals surface area contributed by atoms with Crippen LogP contribution in [0.3, 0.4) is 0 Å². The van der Waals surface area contributed by atoms with Gasteiger partial charge in [0.1, 0.15) is 11.6 Å². The van der Waals surface area contributed by atoms with Gasteiger partial charge in [0.15, 0.2) is 5.78 Å². The van der Waals surface area contributed by atoms with Gasteiger partial charge >= 0.3 is 0 Å². The number of Topliss-reactive ketones (excluding diaryl/α,β-unsaturated/α-hetero) is 1. The molecule has 5 heteroatoms. The first-order valence-electron chi connectivity index (χ1n) is 5.39. The van der Waals surface area contributed by atoms with Crippen LogP contribution in [0.4, 0.5) is 8.78 Å². The molecule has 0 aliphatic rings. The predicted molar refractivity (Wildman–Crippen MR) is 70.9 cm³/mol. The van der Waals surface area contributed by atoms with Crippen molar-refractivity contribution < 1.29 is 13.6 Å². The zero-order valence-corrected chi connectivity index (χ0v) is 11.1. The van der Waals surface area contributed by atoms with Crippen LogP contribution in [0, 0.1) is 11.6 Å². The number of halogens is 4. The predicted octanol–water partition coefficient (Wildman–Crippen LogP) is 4.70. The van der Waals surface area contributed by atoms with Crippen LogP contribution >= 0.6 is 23.2 Å². The average Bonchev–Trinajstić information content (AvgIpc) is 2.35. The second-order valence-corrected chi connectivity index (χ2v) is 4.80. The summed E-state index contributed by atoms with van der Waals surface area (Å²) in [6, 6.07) is 7.45. The lowest BCUT2D eigenvalue weighted by Gasteiger charge is -2.05. The Morgan fingerprint density at radius 1 is 1.05 bits per heavy atom. The van der Waals surface area contributed by atoms with Crippen molar-refractivity contribution in [3.63, 3.8) is 0 Å². The van der Waals surface area contributed by atoms with Crippen LogP contribution in [0.15, 0.2) is 36.4 Å². The highest BCUT2D eigenvalue weighted by atomic mass is 35.5. The minimum absolute atomic E-state index is 0.104. The molecule has 0 aromatic heterocycles. The Morgan fingerprint density at radius 2 is 1.79 bits per heavy atom. The number of hydrogen-bond acceptors (Lipinski definition) is 1. The molecule has 19 heavy (non-hydrogen) atoms. The van der Waals surface area contributed by atoms with Crippen LogP contribution in [0.25, 0.3) is 0 Å². The fourth-order valence-electron chi connectivity index (χ4n) is 1.64. The van der Waals surface area contributed by atoms with Gasteiger partial charge in [0.05, 0.1) is 5.56 Å². The number of carbonyl (C=O) groups excluding carboxylic acids is 1. The van der Waals surface area contributed by atoms with Gasteiger partial charge in [-0.05, 0) is 35.9 Å². The molecule has 0 saturated heterocycles. The van der Waals surface area contributed by atoms with Crippen molar-refractivity contribution in [3.8, 4) is 0 Å². The van der Waals surface area contributed by atoms with E-state index in [1.165, 1.54) is 24.3 Å². The molecule has 2 rings (SSSR count). The number of rotatable bonds is 3. The Bertz CT molecular complexity index is 641. The topological polar surface area (TPSA) is 17.1 Å². The maximum absolute atomic E-state index is 13.5. The van der Waals surface area contributed by atoms with Gasteiger partial charge in [-0.25, -0.2) is 8.78 Å². The zero-order chi connectivity index (χ0) is 14.0. The molecular weight excluding hydrogens is 293 g/mol. The molecule has 0 amide bonds. The first-order chi connectivity index (χ1) is 8.97. The summed E-state index contributed by atoms with van der Waals surface area (Å²) in [6.07, 6.45) is -0.115. The van der Waals surface area contributed by atoms with Crippen molar-refractivity contribution in [1.29, 1.82) is 0 Å². The smallest absolute Gasteiger partial charge is 0.170 e. The fraction of sp³-hybridized carbons (Fsp3) is 0.0714. The Kier molecular flexibility index (Phi) is 4.17. The lowest BCUT2D eigenvalue weighted by atomic mass is 10.0. The molecule has 0 N–H and O–H groups in total. The third-order valence-electron chi connectivity index (χ3n) is 2.59. The van der Waals surface area contributed by atoms with E-state index in [2.05, 4.69) is 0 Å². The second-order valence-electron chi connectivity index (χ2n) is 3.96. The van der Waals surface area contributed by atoms with E-state index in [1.807, 2.05) is 0 Å². The molecule has 1 nitrogen and oxygen atoms in total. The molecule has 0 saturated carbocycles. The zero-order valence-electron chi connectivity index (χ0n) is 9.59. The van der Waals surface area contributed by atoms with Crippen molar-refractivity contribution in [3.05, 3.63) is 69.2 Å². The molecule has 0 fully saturated rings. The fourth-order valence-corrected chi connectivity index (χ4v) is 2.05. The summed E-state index contributed by atoms with van der Waals surface area (Å²) < 4.78 is 26.4. The summed E-state index contributed by atoms with van der Waals surface area (Å²) in [5, 5.41) is 0.408. The number of ketones is 1. The number of carbonyl (C=O) groups is 1. The van der Waals surface area contributed by atoms with E-state index in [1.54, 1.807) is 0 Å². The van der Waals surface area contributed by atoms with Crippen LogP contribution < -0.4 is 0 Å². The molecule has 0 radical (unpaired) electrons. The quantitative estimate of drug-likeness (QED) is 0.751. The Labute approximate surface area is 118 Å². The highest BCUT2D eigenvalue weighted by molar-refractivity contribution is 6.32. The third-order valence-corrected chi connectivity index (χ3v) is 3.18. The van der Waals surface area contributed by atoms with E-state index in [-0.39, 0.29) is 22.0 Å². The molecule has 0 unspecified atom stereocenters. The standard InChI is InChI=1S/C14H8Cl2F2O/c15-9-2-4-13(18)11(6-9)14(19)5-8-1-3-10(17)7-12(8)16/h1-4,6-7H,5H2. The van der Waals surface area contributed by atoms with Gasteiger partial charge < -0.3 is 0 Å². The van der Waals surface area contributed by atoms with Gasteiger partial charge in [0, 0.05) is 16.5 Å². The van der Waals surface area contributed by atoms with Crippen molar-refractivity contribution in [2.75, 3.05) is 0 Å². The lowest BCUT2D eigenvalue weighted by Crippen LogP contribution is -2.06. The molecule has 2 aromatic rings. The van der Waals surface area contributed by atoms with Crippen LogP contribution in [0.5, 0.6) is 0 Å². The Morgan fingerprint density at radius 3 is 2.47 bits per heavy atom. The van der Waals surface area contributed by atoms with E-state index in [0.29, 0.717) is 5.56 Å². The summed E-state index contributed by atoms with van der Waals surface area (Å²) in [4.78, 5) is 12.0. The Balaban J connectivity index is 2.28. The first-order valence-corrected chi connectivity index (χ1v) is 6.15. The van der Waals surface area contributed by atoms with Crippen molar-refractivity contribution >= 4 is 29.0 Å². The number of benzene rings is 2. The van der Waals surface area contributed by atoms with Crippen LogP contribution in [-0.4, -0.2) is 5.78 Å². The monoisotopic (exact) mass is 300 g/mol. The van der Waals surface area contributed by atoms with Gasteiger partial charge in [0.2, 0.25) is 0 Å². The molecular formula is C14H8Cl2F2O. The van der Waals surface area contributed by atoms with Gasteiger partial charge in [-0.1, -0.05) is 29.3 Å². The summed E-state index contributed by atoms with van der Waals surface area (Å²) in [7, 11) is 0. The number of hydrogen-bond donors (Lipinski definition) is 0. The maximum Gasteiger partial charge on any atom is 0.170 e. The molecule has 0 aliphatic heterocycles.